The SMILES string of the molecule is Cc1nc2c3nc(C)c(C)nc3cnn2n1. The van der Waals surface area contributed by atoms with Crippen LogP contribution in [-0.4, -0.2) is 29.8 Å². The maximum absolute atomic E-state index is 4.49. The fraction of sp³-hybridized carbons (Fsp3) is 0.300. The largest absolute Gasteiger partial charge is 0.248 e. The lowest BCUT2D eigenvalue weighted by Gasteiger charge is -2.01. The first kappa shape index (κ1) is 9.14. The van der Waals surface area contributed by atoms with Crippen molar-refractivity contribution in [2.75, 3.05) is 0 Å². The minimum Gasteiger partial charge on any atom is -0.248 e. The van der Waals surface area contributed by atoms with Gasteiger partial charge in [0.25, 0.3) is 0 Å². The van der Waals surface area contributed by atoms with Crippen LogP contribution >= 0.6 is 0 Å². The molecule has 0 amide bonds. The number of rotatable bonds is 0. The highest BCUT2D eigenvalue weighted by Crippen LogP contribution is 2.14. The van der Waals surface area contributed by atoms with Crippen LogP contribution in [0.1, 0.15) is 17.2 Å². The van der Waals surface area contributed by atoms with Gasteiger partial charge in [-0.3, -0.25) is 0 Å². The zero-order valence-electron chi connectivity index (χ0n) is 9.26. The lowest BCUT2D eigenvalue weighted by atomic mass is 10.3. The van der Waals surface area contributed by atoms with Gasteiger partial charge in [-0.05, 0) is 20.8 Å². The van der Waals surface area contributed by atoms with Crippen LogP contribution in [0.4, 0.5) is 0 Å². The van der Waals surface area contributed by atoms with Crippen LogP contribution < -0.4 is 0 Å². The summed E-state index contributed by atoms with van der Waals surface area (Å²) in [5.74, 6) is 0.681. The standard InChI is InChI=1S/C10H10N6/c1-5-6(2)13-9-8(12-5)4-11-16-10(9)14-7(3)15-16/h4H,1-3H3. The molecule has 16 heavy (non-hydrogen) atoms. The van der Waals surface area contributed by atoms with Crippen LogP contribution in [0, 0.1) is 20.8 Å². The van der Waals surface area contributed by atoms with Crippen molar-refractivity contribution in [1.82, 2.24) is 29.8 Å². The quantitative estimate of drug-likeness (QED) is 0.558. The molecule has 0 fully saturated rings. The molecule has 6 nitrogen and oxygen atoms in total. The predicted octanol–water partition coefficient (Wildman–Crippen LogP) is 0.993. The van der Waals surface area contributed by atoms with Crippen molar-refractivity contribution in [3.63, 3.8) is 0 Å². The summed E-state index contributed by atoms with van der Waals surface area (Å²) in [5.41, 5.74) is 3.98. The highest BCUT2D eigenvalue weighted by Gasteiger charge is 2.09. The minimum absolute atomic E-state index is 0.658. The normalized spacial score (nSPS) is 11.4. The average molecular weight is 214 g/mol. The van der Waals surface area contributed by atoms with Gasteiger partial charge < -0.3 is 0 Å². The summed E-state index contributed by atoms with van der Waals surface area (Å²) in [4.78, 5) is 13.2. The Hall–Kier alpha value is -2.11. The van der Waals surface area contributed by atoms with E-state index in [2.05, 4.69) is 25.1 Å². The number of aromatic nitrogens is 6. The van der Waals surface area contributed by atoms with E-state index in [-0.39, 0.29) is 0 Å². The second-order valence-electron chi connectivity index (χ2n) is 3.74. The molecule has 3 aromatic rings. The van der Waals surface area contributed by atoms with Gasteiger partial charge in [0.1, 0.15) is 11.0 Å². The van der Waals surface area contributed by atoms with E-state index in [1.54, 1.807) is 6.20 Å². The maximum Gasteiger partial charge on any atom is 0.204 e. The molecule has 3 rings (SSSR count). The molecular formula is C10H10N6. The fourth-order valence-corrected chi connectivity index (χ4v) is 1.62. The summed E-state index contributed by atoms with van der Waals surface area (Å²) in [5, 5.41) is 8.28. The van der Waals surface area contributed by atoms with Crippen LogP contribution in [0.3, 0.4) is 0 Å². The van der Waals surface area contributed by atoms with Crippen molar-refractivity contribution in [2.24, 2.45) is 0 Å². The topological polar surface area (TPSA) is 68.9 Å². The van der Waals surface area contributed by atoms with E-state index in [1.165, 1.54) is 4.63 Å². The van der Waals surface area contributed by atoms with Gasteiger partial charge >= 0.3 is 0 Å². The number of aryl methyl sites for hydroxylation is 3. The Bertz CT molecular complexity index is 699. The van der Waals surface area contributed by atoms with Gasteiger partial charge in [0.2, 0.25) is 5.65 Å². The van der Waals surface area contributed by atoms with Crippen LogP contribution in [0.15, 0.2) is 6.20 Å². The highest BCUT2D eigenvalue weighted by atomic mass is 15.4. The van der Waals surface area contributed by atoms with Crippen molar-refractivity contribution < 1.29 is 0 Å². The van der Waals surface area contributed by atoms with Crippen molar-refractivity contribution in [3.8, 4) is 0 Å². The van der Waals surface area contributed by atoms with Crippen LogP contribution in [0.25, 0.3) is 16.7 Å². The Morgan fingerprint density at radius 3 is 2.56 bits per heavy atom. The second-order valence-corrected chi connectivity index (χ2v) is 3.74. The zero-order chi connectivity index (χ0) is 11.3. The van der Waals surface area contributed by atoms with Crippen molar-refractivity contribution in [1.29, 1.82) is 0 Å². The van der Waals surface area contributed by atoms with Crippen molar-refractivity contribution >= 4 is 16.7 Å². The first-order valence-corrected chi connectivity index (χ1v) is 4.99. The van der Waals surface area contributed by atoms with Crippen LogP contribution in [-0.2, 0) is 0 Å². The molecule has 0 radical (unpaired) electrons. The molecule has 3 aromatic heterocycles. The molecule has 0 aliphatic carbocycles. The first-order valence-electron chi connectivity index (χ1n) is 4.99. The Morgan fingerprint density at radius 2 is 1.75 bits per heavy atom. The van der Waals surface area contributed by atoms with Crippen LogP contribution in [0.5, 0.6) is 0 Å². The Labute approximate surface area is 91.4 Å². The third-order valence-corrected chi connectivity index (χ3v) is 2.53. The van der Waals surface area contributed by atoms with Crippen molar-refractivity contribution in [2.45, 2.75) is 20.8 Å². The second kappa shape index (κ2) is 2.94. The van der Waals surface area contributed by atoms with E-state index in [0.29, 0.717) is 11.5 Å². The highest BCUT2D eigenvalue weighted by molar-refractivity contribution is 5.86. The van der Waals surface area contributed by atoms with E-state index < -0.39 is 0 Å². The maximum atomic E-state index is 4.49. The Balaban J connectivity index is 2.54. The smallest absolute Gasteiger partial charge is 0.204 e. The number of hydrogen-bond donors (Lipinski definition) is 0. The zero-order valence-corrected chi connectivity index (χ0v) is 9.26. The monoisotopic (exact) mass is 214 g/mol. The molecule has 80 valence electrons. The summed E-state index contributed by atoms with van der Waals surface area (Å²) in [7, 11) is 0. The summed E-state index contributed by atoms with van der Waals surface area (Å²) in [6, 6.07) is 0. The first-order chi connectivity index (χ1) is 7.65. The molecule has 0 aliphatic heterocycles. The molecule has 3 heterocycles. The lowest BCUT2D eigenvalue weighted by Crippen LogP contribution is -1.99. The third-order valence-electron chi connectivity index (χ3n) is 2.53. The molecule has 0 unspecified atom stereocenters. The van der Waals surface area contributed by atoms with E-state index in [1.807, 2.05) is 20.8 Å². The lowest BCUT2D eigenvalue weighted by molar-refractivity contribution is 0.790. The van der Waals surface area contributed by atoms with E-state index in [0.717, 1.165) is 22.4 Å². The summed E-state index contributed by atoms with van der Waals surface area (Å²) < 4.78 is 1.49. The summed E-state index contributed by atoms with van der Waals surface area (Å²) >= 11 is 0. The predicted molar refractivity (Wildman–Crippen MR) is 58.1 cm³/mol. The molecular weight excluding hydrogens is 204 g/mol. The summed E-state index contributed by atoms with van der Waals surface area (Å²) in [6.45, 7) is 5.69. The van der Waals surface area contributed by atoms with E-state index in [9.17, 15) is 0 Å². The van der Waals surface area contributed by atoms with Crippen LogP contribution in [0.2, 0.25) is 0 Å². The van der Waals surface area contributed by atoms with Crippen molar-refractivity contribution in [3.05, 3.63) is 23.4 Å². The van der Waals surface area contributed by atoms with Gasteiger partial charge in [-0.25, -0.2) is 15.0 Å². The van der Waals surface area contributed by atoms with E-state index >= 15 is 0 Å². The molecule has 0 aromatic carbocycles. The van der Waals surface area contributed by atoms with Gasteiger partial charge in [0.15, 0.2) is 5.82 Å². The number of nitrogens with zero attached hydrogens (tertiary/aromatic N) is 6. The van der Waals surface area contributed by atoms with Gasteiger partial charge in [0.05, 0.1) is 17.6 Å². The molecule has 0 spiro atoms. The van der Waals surface area contributed by atoms with Gasteiger partial charge in [0, 0.05) is 0 Å². The average Bonchev–Trinajstić information content (AvgIpc) is 2.61. The molecule has 0 atom stereocenters. The third kappa shape index (κ3) is 1.16. The summed E-state index contributed by atoms with van der Waals surface area (Å²) in [6.07, 6.45) is 1.66. The van der Waals surface area contributed by atoms with E-state index in [4.69, 9.17) is 0 Å². The molecule has 0 saturated heterocycles. The van der Waals surface area contributed by atoms with Gasteiger partial charge in [-0.2, -0.15) is 5.10 Å². The number of fused-ring (bicyclic) bond motifs is 3. The number of hydrogen-bond acceptors (Lipinski definition) is 5. The fourth-order valence-electron chi connectivity index (χ4n) is 1.62. The van der Waals surface area contributed by atoms with Gasteiger partial charge in [-0.1, -0.05) is 0 Å². The Kier molecular flexibility index (Phi) is 1.68. The minimum atomic E-state index is 0.658. The Morgan fingerprint density at radius 1 is 1.00 bits per heavy atom. The molecule has 0 N–H and O–H groups in total. The molecule has 0 bridgehead atoms. The van der Waals surface area contributed by atoms with Gasteiger partial charge in [-0.15, -0.1) is 9.73 Å². The molecule has 0 aliphatic rings. The molecule has 0 saturated carbocycles. The molecule has 6 heteroatoms.